The number of rotatable bonds is 3. The Morgan fingerprint density at radius 1 is 0.857 bits per heavy atom. The van der Waals surface area contributed by atoms with Crippen molar-refractivity contribution >= 4 is 0 Å². The van der Waals surface area contributed by atoms with Crippen molar-refractivity contribution in [1.29, 1.82) is 0 Å². The molecule has 120 valence electrons. The summed E-state index contributed by atoms with van der Waals surface area (Å²) >= 11 is 0. The van der Waals surface area contributed by atoms with Gasteiger partial charge in [-0.25, -0.2) is 0 Å². The van der Waals surface area contributed by atoms with Crippen LogP contribution in [-0.2, 0) is 0 Å². The molecule has 4 unspecified atom stereocenters. The zero-order valence-electron chi connectivity index (χ0n) is 13.6. The molecule has 0 aromatic rings. The second-order valence-electron chi connectivity index (χ2n) is 8.05. The van der Waals surface area contributed by atoms with Crippen LogP contribution in [0.3, 0.4) is 0 Å². The van der Waals surface area contributed by atoms with Crippen LogP contribution < -0.4 is 5.32 Å². The first-order chi connectivity index (χ1) is 10.4. The topological polar surface area (TPSA) is 18.5 Å². The van der Waals surface area contributed by atoms with Crippen LogP contribution in [0, 0.1) is 5.92 Å². The van der Waals surface area contributed by atoms with Gasteiger partial charge in [0, 0.05) is 31.2 Å². The van der Waals surface area contributed by atoms with Crippen LogP contribution in [-0.4, -0.2) is 60.6 Å². The molecule has 0 spiro atoms. The third kappa shape index (κ3) is 3.30. The molecule has 3 aliphatic heterocycles. The van der Waals surface area contributed by atoms with E-state index in [0.717, 1.165) is 24.0 Å². The summed E-state index contributed by atoms with van der Waals surface area (Å²) in [7, 11) is 0. The van der Waals surface area contributed by atoms with Crippen LogP contribution in [0.1, 0.15) is 57.8 Å². The van der Waals surface area contributed by atoms with Crippen LogP contribution in [0.5, 0.6) is 0 Å². The van der Waals surface area contributed by atoms with Crippen molar-refractivity contribution in [2.24, 2.45) is 5.92 Å². The van der Waals surface area contributed by atoms with Crippen LogP contribution in [0.2, 0.25) is 0 Å². The van der Waals surface area contributed by atoms with Gasteiger partial charge in [-0.3, -0.25) is 4.90 Å². The summed E-state index contributed by atoms with van der Waals surface area (Å²) in [6.45, 7) is 6.73. The highest BCUT2D eigenvalue weighted by Gasteiger charge is 2.37. The molecule has 1 N–H and O–H groups in total. The van der Waals surface area contributed by atoms with E-state index in [1.807, 2.05) is 0 Å². The standard InChI is InChI=1S/C18H33N3/c1-4-9-21(10-5-1)17-8-11-20(14-17)13-16-12-15-6-2-3-7-18(15)19-16/h15-19H,1-14H2. The van der Waals surface area contributed by atoms with Gasteiger partial charge in [0.15, 0.2) is 0 Å². The first-order valence-electron chi connectivity index (χ1n) is 9.61. The summed E-state index contributed by atoms with van der Waals surface area (Å²) in [4.78, 5) is 5.54. The predicted molar refractivity (Wildman–Crippen MR) is 87.6 cm³/mol. The fraction of sp³-hybridized carbons (Fsp3) is 1.00. The summed E-state index contributed by atoms with van der Waals surface area (Å²) in [5.74, 6) is 1.00. The first kappa shape index (κ1) is 14.5. The van der Waals surface area contributed by atoms with E-state index in [-0.39, 0.29) is 0 Å². The van der Waals surface area contributed by atoms with Crippen LogP contribution >= 0.6 is 0 Å². The molecule has 1 saturated carbocycles. The fourth-order valence-electron chi connectivity index (χ4n) is 5.44. The van der Waals surface area contributed by atoms with Gasteiger partial charge in [0.2, 0.25) is 0 Å². The lowest BCUT2D eigenvalue weighted by atomic mass is 9.85. The molecule has 4 fully saturated rings. The number of piperidine rings is 1. The Bertz CT molecular complexity index is 325. The SMILES string of the molecule is C1CCN(C2CCN(CC3CC4CCCCC4N3)C2)CC1. The van der Waals surface area contributed by atoms with E-state index < -0.39 is 0 Å². The molecule has 4 aliphatic rings. The van der Waals surface area contributed by atoms with Crippen LogP contribution in [0.15, 0.2) is 0 Å². The summed E-state index contributed by atoms with van der Waals surface area (Å²) < 4.78 is 0. The molecule has 4 rings (SSSR count). The lowest BCUT2D eigenvalue weighted by Gasteiger charge is -2.32. The largest absolute Gasteiger partial charge is 0.310 e. The maximum absolute atomic E-state index is 3.96. The van der Waals surface area contributed by atoms with Crippen molar-refractivity contribution in [3.05, 3.63) is 0 Å². The van der Waals surface area contributed by atoms with Gasteiger partial charge < -0.3 is 10.2 Å². The van der Waals surface area contributed by atoms with Crippen LogP contribution in [0.4, 0.5) is 0 Å². The summed E-state index contributed by atoms with van der Waals surface area (Å²) in [5.41, 5.74) is 0. The average Bonchev–Trinajstić information content (AvgIpc) is 3.14. The van der Waals surface area contributed by atoms with Crippen molar-refractivity contribution in [2.45, 2.75) is 75.9 Å². The zero-order chi connectivity index (χ0) is 14.1. The molecule has 3 heterocycles. The number of nitrogens with one attached hydrogen (secondary N) is 1. The third-order valence-corrected chi connectivity index (χ3v) is 6.58. The number of fused-ring (bicyclic) bond motifs is 1. The normalized spacial score (nSPS) is 42.3. The average molecular weight is 291 g/mol. The number of hydrogen-bond acceptors (Lipinski definition) is 3. The second kappa shape index (κ2) is 6.55. The van der Waals surface area contributed by atoms with Gasteiger partial charge in [0.25, 0.3) is 0 Å². The molecule has 0 radical (unpaired) electrons. The second-order valence-corrected chi connectivity index (χ2v) is 8.05. The quantitative estimate of drug-likeness (QED) is 0.862. The molecule has 3 nitrogen and oxygen atoms in total. The summed E-state index contributed by atoms with van der Waals surface area (Å²) in [6, 6.07) is 2.52. The molecule has 0 aromatic heterocycles. The van der Waals surface area contributed by atoms with E-state index >= 15 is 0 Å². The Hall–Kier alpha value is -0.120. The first-order valence-corrected chi connectivity index (χ1v) is 9.61. The van der Waals surface area contributed by atoms with Gasteiger partial charge in [-0.1, -0.05) is 19.3 Å². The molecular formula is C18H33N3. The Balaban J connectivity index is 1.25. The number of likely N-dealkylation sites (tertiary alicyclic amines) is 2. The van der Waals surface area contributed by atoms with E-state index in [2.05, 4.69) is 15.1 Å². The van der Waals surface area contributed by atoms with Crippen molar-refractivity contribution in [3.8, 4) is 0 Å². The minimum absolute atomic E-state index is 0.790. The summed E-state index contributed by atoms with van der Waals surface area (Å²) in [6.07, 6.45) is 13.1. The van der Waals surface area contributed by atoms with Gasteiger partial charge in [-0.2, -0.15) is 0 Å². The van der Waals surface area contributed by atoms with E-state index in [9.17, 15) is 0 Å². The monoisotopic (exact) mass is 291 g/mol. The molecular weight excluding hydrogens is 258 g/mol. The number of nitrogens with zero attached hydrogens (tertiary/aromatic N) is 2. The predicted octanol–water partition coefficient (Wildman–Crippen LogP) is 2.47. The fourth-order valence-corrected chi connectivity index (χ4v) is 5.44. The Kier molecular flexibility index (Phi) is 4.52. The lowest BCUT2D eigenvalue weighted by Crippen LogP contribution is -2.43. The zero-order valence-corrected chi connectivity index (χ0v) is 13.6. The highest BCUT2D eigenvalue weighted by Crippen LogP contribution is 2.33. The molecule has 0 bridgehead atoms. The maximum atomic E-state index is 3.96. The van der Waals surface area contributed by atoms with Gasteiger partial charge in [-0.15, -0.1) is 0 Å². The van der Waals surface area contributed by atoms with Crippen molar-refractivity contribution in [3.63, 3.8) is 0 Å². The highest BCUT2D eigenvalue weighted by molar-refractivity contribution is 4.95. The van der Waals surface area contributed by atoms with E-state index in [0.29, 0.717) is 0 Å². The van der Waals surface area contributed by atoms with E-state index in [1.54, 1.807) is 0 Å². The van der Waals surface area contributed by atoms with Gasteiger partial charge in [0.1, 0.15) is 0 Å². The lowest BCUT2D eigenvalue weighted by molar-refractivity contribution is 0.160. The number of hydrogen-bond donors (Lipinski definition) is 1. The highest BCUT2D eigenvalue weighted by atomic mass is 15.3. The Labute approximate surface area is 130 Å². The minimum atomic E-state index is 0.790. The Morgan fingerprint density at radius 2 is 1.71 bits per heavy atom. The minimum Gasteiger partial charge on any atom is -0.310 e. The molecule has 3 saturated heterocycles. The molecule has 1 aliphatic carbocycles. The molecule has 3 heteroatoms. The molecule has 4 atom stereocenters. The maximum Gasteiger partial charge on any atom is 0.0235 e. The van der Waals surface area contributed by atoms with Crippen molar-refractivity contribution in [2.75, 3.05) is 32.7 Å². The van der Waals surface area contributed by atoms with Gasteiger partial charge in [-0.05, 0) is 64.1 Å². The molecule has 0 amide bonds. The van der Waals surface area contributed by atoms with Crippen LogP contribution in [0.25, 0.3) is 0 Å². The summed E-state index contributed by atoms with van der Waals surface area (Å²) in [5, 5.41) is 3.96. The van der Waals surface area contributed by atoms with E-state index in [4.69, 9.17) is 0 Å². The van der Waals surface area contributed by atoms with Crippen molar-refractivity contribution in [1.82, 2.24) is 15.1 Å². The van der Waals surface area contributed by atoms with Gasteiger partial charge >= 0.3 is 0 Å². The van der Waals surface area contributed by atoms with Gasteiger partial charge in [0.05, 0.1) is 0 Å². The van der Waals surface area contributed by atoms with Crippen molar-refractivity contribution < 1.29 is 0 Å². The molecule has 21 heavy (non-hydrogen) atoms. The smallest absolute Gasteiger partial charge is 0.0235 e. The van der Waals surface area contributed by atoms with E-state index in [1.165, 1.54) is 90.5 Å². The molecule has 0 aromatic carbocycles. The Morgan fingerprint density at radius 3 is 2.57 bits per heavy atom. The third-order valence-electron chi connectivity index (χ3n) is 6.58.